The fourth-order valence-electron chi connectivity index (χ4n) is 9.08. The van der Waals surface area contributed by atoms with Crippen molar-refractivity contribution in [2.75, 3.05) is 6.61 Å². The molecule has 3 heteroatoms. The van der Waals surface area contributed by atoms with Gasteiger partial charge in [-0.2, -0.15) is 0 Å². The van der Waals surface area contributed by atoms with Crippen LogP contribution in [0, 0.1) is 35.0 Å². The summed E-state index contributed by atoms with van der Waals surface area (Å²) in [7, 11) is 0. The number of rotatable bonds is 9. The van der Waals surface area contributed by atoms with E-state index in [2.05, 4.69) is 31.2 Å². The van der Waals surface area contributed by atoms with Crippen molar-refractivity contribution in [2.45, 2.75) is 141 Å². The Morgan fingerprint density at radius 1 is 0.725 bits per heavy atom. The molecule has 40 heavy (non-hydrogen) atoms. The molecule has 5 rings (SSSR count). The predicted molar refractivity (Wildman–Crippen MR) is 163 cm³/mol. The maximum atomic E-state index is 15.3. The molecule has 3 fully saturated rings. The number of ether oxygens (including phenoxy) is 1. The number of aryl methyl sites for hydroxylation is 1. The van der Waals surface area contributed by atoms with Crippen molar-refractivity contribution in [2.24, 2.45) is 35.0 Å². The van der Waals surface area contributed by atoms with E-state index >= 15 is 8.78 Å². The minimum atomic E-state index is -1.60. The standard InChI is InChI=1S/C37H56F2O/c1-5-7-26-8-12-28(13-9-26)30-16-18-33-24-31(17-19-32(33)23-30)29-14-10-27(11-15-29)25-40-37(4)22-21-36(3,20-6-2)34(38)35(37)39/h8-9,12-13,21-22,27,29-35H,5-7,10-11,14-20,23-25H2,1-4H3. The molecule has 0 radical (unpaired) electrons. The molecule has 4 aliphatic carbocycles. The second kappa shape index (κ2) is 13.0. The normalized spacial score (nSPS) is 42.0. The predicted octanol–water partition coefficient (Wildman–Crippen LogP) is 10.6. The van der Waals surface area contributed by atoms with Crippen LogP contribution in [-0.4, -0.2) is 24.6 Å². The molecule has 0 saturated heterocycles. The van der Waals surface area contributed by atoms with Gasteiger partial charge in [0.2, 0.25) is 0 Å². The molecule has 1 nitrogen and oxygen atoms in total. The number of hydrogen-bond acceptors (Lipinski definition) is 1. The molecule has 0 spiro atoms. The van der Waals surface area contributed by atoms with Crippen molar-refractivity contribution in [1.29, 1.82) is 0 Å². The molecular formula is C37H56F2O. The minimum absolute atomic E-state index is 0.478. The number of hydrogen-bond donors (Lipinski definition) is 0. The molecule has 0 bridgehead atoms. The third kappa shape index (κ3) is 6.55. The van der Waals surface area contributed by atoms with E-state index < -0.39 is 23.4 Å². The SMILES string of the molecule is CCCc1ccc(C2CCC3CC(C4CCC(COC5(C)C=CC(C)(CCC)C(F)C5F)CC4)CCC3C2)cc1. The van der Waals surface area contributed by atoms with E-state index in [1.165, 1.54) is 82.6 Å². The monoisotopic (exact) mass is 554 g/mol. The second-order valence-corrected chi connectivity index (χ2v) is 14.8. The first-order chi connectivity index (χ1) is 19.2. The molecule has 0 aromatic heterocycles. The zero-order valence-electron chi connectivity index (χ0n) is 25.9. The summed E-state index contributed by atoms with van der Waals surface area (Å²) in [6, 6.07) is 9.57. The van der Waals surface area contributed by atoms with Gasteiger partial charge >= 0.3 is 0 Å². The Hall–Kier alpha value is -1.22. The number of fused-ring (bicyclic) bond motifs is 1. The van der Waals surface area contributed by atoms with E-state index in [-0.39, 0.29) is 0 Å². The molecule has 224 valence electrons. The molecule has 0 heterocycles. The Kier molecular flexibility index (Phi) is 9.80. The van der Waals surface area contributed by atoms with Crippen LogP contribution in [0.1, 0.15) is 128 Å². The molecule has 8 atom stereocenters. The van der Waals surface area contributed by atoms with Crippen molar-refractivity contribution >= 4 is 0 Å². The van der Waals surface area contributed by atoms with E-state index in [4.69, 9.17) is 4.74 Å². The highest BCUT2D eigenvalue weighted by atomic mass is 19.2. The smallest absolute Gasteiger partial charge is 0.164 e. The summed E-state index contributed by atoms with van der Waals surface area (Å²) in [6.07, 6.45) is 17.9. The maximum absolute atomic E-state index is 15.3. The van der Waals surface area contributed by atoms with Crippen LogP contribution in [0.5, 0.6) is 0 Å². The summed E-state index contributed by atoms with van der Waals surface area (Å²) >= 11 is 0. The van der Waals surface area contributed by atoms with E-state index in [0.29, 0.717) is 18.9 Å². The van der Waals surface area contributed by atoms with Gasteiger partial charge in [-0.05, 0) is 131 Å². The van der Waals surface area contributed by atoms with Crippen molar-refractivity contribution < 1.29 is 13.5 Å². The first-order valence-electron chi connectivity index (χ1n) is 17.0. The van der Waals surface area contributed by atoms with E-state index in [9.17, 15) is 0 Å². The first-order valence-corrected chi connectivity index (χ1v) is 17.0. The maximum Gasteiger partial charge on any atom is 0.164 e. The number of allylic oxidation sites excluding steroid dienone is 1. The van der Waals surface area contributed by atoms with Gasteiger partial charge in [-0.1, -0.05) is 70.0 Å². The Labute approximate surface area is 243 Å². The van der Waals surface area contributed by atoms with E-state index in [1.807, 2.05) is 26.0 Å². The third-order valence-electron chi connectivity index (χ3n) is 11.8. The van der Waals surface area contributed by atoms with Crippen molar-refractivity contribution in [3.8, 4) is 0 Å². The molecule has 0 aliphatic heterocycles. The molecular weight excluding hydrogens is 498 g/mol. The fourth-order valence-corrected chi connectivity index (χ4v) is 9.08. The van der Waals surface area contributed by atoms with Crippen LogP contribution in [0.25, 0.3) is 0 Å². The summed E-state index contributed by atoms with van der Waals surface area (Å²) in [5, 5.41) is 0. The number of alkyl halides is 2. The van der Waals surface area contributed by atoms with Crippen LogP contribution in [0.3, 0.4) is 0 Å². The number of benzene rings is 1. The highest BCUT2D eigenvalue weighted by Crippen LogP contribution is 2.51. The molecule has 4 aliphatic rings. The lowest BCUT2D eigenvalue weighted by Crippen LogP contribution is -2.52. The van der Waals surface area contributed by atoms with Gasteiger partial charge in [0, 0.05) is 5.41 Å². The van der Waals surface area contributed by atoms with Gasteiger partial charge in [-0.15, -0.1) is 0 Å². The van der Waals surface area contributed by atoms with Gasteiger partial charge in [0.25, 0.3) is 0 Å². The van der Waals surface area contributed by atoms with Gasteiger partial charge in [0.1, 0.15) is 11.8 Å². The highest BCUT2D eigenvalue weighted by molar-refractivity contribution is 5.26. The molecule has 3 saturated carbocycles. The van der Waals surface area contributed by atoms with Gasteiger partial charge in [-0.25, -0.2) is 8.78 Å². The van der Waals surface area contributed by atoms with Gasteiger partial charge < -0.3 is 4.74 Å². The lowest BCUT2D eigenvalue weighted by molar-refractivity contribution is -0.113. The molecule has 0 amide bonds. The second-order valence-electron chi connectivity index (χ2n) is 14.8. The molecule has 1 aromatic carbocycles. The van der Waals surface area contributed by atoms with Crippen molar-refractivity contribution in [3.63, 3.8) is 0 Å². The Morgan fingerprint density at radius 3 is 2.02 bits per heavy atom. The lowest BCUT2D eigenvalue weighted by atomic mass is 9.60. The van der Waals surface area contributed by atoms with Crippen LogP contribution in [0.2, 0.25) is 0 Å². The quantitative estimate of drug-likeness (QED) is 0.276. The van der Waals surface area contributed by atoms with Crippen LogP contribution in [0.4, 0.5) is 8.78 Å². The summed E-state index contributed by atoms with van der Waals surface area (Å²) < 4.78 is 36.5. The lowest BCUT2D eigenvalue weighted by Gasteiger charge is -2.46. The average Bonchev–Trinajstić information content (AvgIpc) is 2.98. The average molecular weight is 555 g/mol. The Balaban J connectivity index is 1.06. The number of halogens is 2. The largest absolute Gasteiger partial charge is 0.368 e. The van der Waals surface area contributed by atoms with Crippen molar-refractivity contribution in [1.82, 2.24) is 0 Å². The summed E-state index contributed by atoms with van der Waals surface area (Å²) in [4.78, 5) is 0. The molecule has 8 unspecified atom stereocenters. The Morgan fingerprint density at radius 2 is 1.35 bits per heavy atom. The zero-order valence-corrected chi connectivity index (χ0v) is 25.9. The summed E-state index contributed by atoms with van der Waals surface area (Å²) in [5.41, 5.74) is 1.21. The minimum Gasteiger partial charge on any atom is -0.368 e. The summed E-state index contributed by atoms with van der Waals surface area (Å²) in [6.45, 7) is 8.43. The highest BCUT2D eigenvalue weighted by Gasteiger charge is 2.50. The fraction of sp³-hybridized carbons (Fsp3) is 0.784. The first kappa shape index (κ1) is 30.2. The van der Waals surface area contributed by atoms with Crippen molar-refractivity contribution in [3.05, 3.63) is 47.5 Å². The van der Waals surface area contributed by atoms with E-state index in [0.717, 1.165) is 36.0 Å². The van der Waals surface area contributed by atoms with Gasteiger partial charge in [0.05, 0.1) is 6.61 Å². The van der Waals surface area contributed by atoms with Gasteiger partial charge in [0.15, 0.2) is 6.17 Å². The van der Waals surface area contributed by atoms with Crippen LogP contribution in [-0.2, 0) is 11.2 Å². The topological polar surface area (TPSA) is 9.23 Å². The van der Waals surface area contributed by atoms with Crippen LogP contribution >= 0.6 is 0 Å². The molecule has 1 aromatic rings. The third-order valence-corrected chi connectivity index (χ3v) is 11.8. The van der Waals surface area contributed by atoms with Gasteiger partial charge in [-0.3, -0.25) is 0 Å². The van der Waals surface area contributed by atoms with Crippen LogP contribution < -0.4 is 0 Å². The summed E-state index contributed by atoms with van der Waals surface area (Å²) in [5.74, 6) is 4.84. The van der Waals surface area contributed by atoms with Crippen LogP contribution in [0.15, 0.2) is 36.4 Å². The molecule has 0 N–H and O–H groups in total. The van der Waals surface area contributed by atoms with E-state index in [1.54, 1.807) is 12.5 Å². The zero-order chi connectivity index (χ0) is 28.3. The Bertz CT molecular complexity index is 965.